The van der Waals surface area contributed by atoms with Gasteiger partial charge in [-0.3, -0.25) is 4.79 Å². The maximum Gasteiger partial charge on any atom is 0.331 e. The molecule has 2 N–H and O–H groups in total. The van der Waals surface area contributed by atoms with E-state index in [0.29, 0.717) is 23.2 Å². The summed E-state index contributed by atoms with van der Waals surface area (Å²) >= 11 is 0. The van der Waals surface area contributed by atoms with Gasteiger partial charge in [-0.05, 0) is 55.2 Å². The molecule has 0 aliphatic heterocycles. The molecule has 1 aliphatic rings. The maximum absolute atomic E-state index is 12.6. The van der Waals surface area contributed by atoms with Crippen molar-refractivity contribution in [3.05, 3.63) is 96.6 Å². The minimum absolute atomic E-state index is 0.0880. The van der Waals surface area contributed by atoms with E-state index in [1.54, 1.807) is 62.6 Å². The van der Waals surface area contributed by atoms with Crippen LogP contribution in [0.2, 0.25) is 0 Å². The van der Waals surface area contributed by atoms with Gasteiger partial charge in [0.25, 0.3) is 5.91 Å². The number of carbonyl (C=O) groups is 3. The molecule has 0 aromatic heterocycles. The van der Waals surface area contributed by atoms with Crippen molar-refractivity contribution in [2.45, 2.75) is 38.6 Å². The van der Waals surface area contributed by atoms with Crippen LogP contribution < -0.4 is 15.5 Å². The van der Waals surface area contributed by atoms with E-state index in [-0.39, 0.29) is 18.0 Å². The van der Waals surface area contributed by atoms with Gasteiger partial charge in [0.2, 0.25) is 0 Å². The molecule has 37 heavy (non-hydrogen) atoms. The molecule has 4 rings (SSSR count). The molecule has 2 atom stereocenters. The Morgan fingerprint density at radius 2 is 1.30 bits per heavy atom. The summed E-state index contributed by atoms with van der Waals surface area (Å²) in [4.78, 5) is 39.2. The lowest BCUT2D eigenvalue weighted by molar-refractivity contribution is 0.0989. The minimum Gasteiger partial charge on any atom is -0.335 e. The van der Waals surface area contributed by atoms with Crippen molar-refractivity contribution in [1.29, 1.82) is 0 Å². The van der Waals surface area contributed by atoms with Crippen LogP contribution >= 0.6 is 0 Å². The molecule has 1 aliphatic carbocycles. The van der Waals surface area contributed by atoms with Crippen LogP contribution in [0, 0.1) is 5.92 Å². The molecule has 5 amide bonds. The number of hydrogen-bond donors (Lipinski definition) is 2. The second-order valence-corrected chi connectivity index (χ2v) is 9.35. The fraction of sp³-hybridized carbons (Fsp3) is 0.300. The number of imide groups is 1. The normalized spacial score (nSPS) is 16.4. The summed E-state index contributed by atoms with van der Waals surface area (Å²) in [6, 6.07) is 27.1. The van der Waals surface area contributed by atoms with Gasteiger partial charge in [-0.1, -0.05) is 74.4 Å². The van der Waals surface area contributed by atoms with E-state index in [1.807, 2.05) is 42.5 Å². The first kappa shape index (κ1) is 27.5. The zero-order chi connectivity index (χ0) is 26.6. The van der Waals surface area contributed by atoms with Crippen molar-refractivity contribution in [2.75, 3.05) is 24.3 Å². The molecule has 0 bridgehead atoms. The topological polar surface area (TPSA) is 81.8 Å². The summed E-state index contributed by atoms with van der Waals surface area (Å²) < 4.78 is 0. The number of urea groups is 2. The summed E-state index contributed by atoms with van der Waals surface area (Å²) in [6.45, 7) is 2.21. The van der Waals surface area contributed by atoms with Crippen LogP contribution in [0.5, 0.6) is 0 Å². The number of anilines is 2. The van der Waals surface area contributed by atoms with Crippen LogP contribution in [0.1, 0.15) is 43.0 Å². The largest absolute Gasteiger partial charge is 0.335 e. The first-order valence-corrected chi connectivity index (χ1v) is 12.6. The summed E-state index contributed by atoms with van der Waals surface area (Å²) in [5, 5.41) is 5.93. The smallest absolute Gasteiger partial charge is 0.331 e. The Kier molecular flexibility index (Phi) is 10.3. The van der Waals surface area contributed by atoms with E-state index in [2.05, 4.69) is 17.6 Å². The molecule has 0 spiro atoms. The third kappa shape index (κ3) is 8.20. The van der Waals surface area contributed by atoms with Crippen molar-refractivity contribution in [3.63, 3.8) is 0 Å². The van der Waals surface area contributed by atoms with Crippen LogP contribution in [-0.4, -0.2) is 43.0 Å². The lowest BCUT2D eigenvalue weighted by atomic mass is 9.86. The van der Waals surface area contributed by atoms with Crippen molar-refractivity contribution in [3.8, 4) is 0 Å². The van der Waals surface area contributed by atoms with E-state index in [4.69, 9.17) is 0 Å². The second-order valence-electron chi connectivity index (χ2n) is 9.35. The van der Waals surface area contributed by atoms with Gasteiger partial charge in [0.05, 0.1) is 5.69 Å². The fourth-order valence-electron chi connectivity index (χ4n) is 4.19. The van der Waals surface area contributed by atoms with E-state index >= 15 is 0 Å². The average molecular weight is 501 g/mol. The Morgan fingerprint density at radius 3 is 1.86 bits per heavy atom. The van der Waals surface area contributed by atoms with Gasteiger partial charge >= 0.3 is 12.1 Å². The minimum atomic E-state index is -0.370. The van der Waals surface area contributed by atoms with Gasteiger partial charge in [-0.25, -0.2) is 14.5 Å². The monoisotopic (exact) mass is 500 g/mol. The highest BCUT2D eigenvalue weighted by Crippen LogP contribution is 2.23. The molecule has 0 heterocycles. The highest BCUT2D eigenvalue weighted by molar-refractivity contribution is 6.20. The molecular formula is C30H36N4O3. The molecule has 7 heteroatoms. The number of rotatable bonds is 4. The Bertz CT molecular complexity index is 1140. The van der Waals surface area contributed by atoms with Crippen molar-refractivity contribution >= 4 is 29.3 Å². The van der Waals surface area contributed by atoms with Crippen LogP contribution in [0.25, 0.3) is 0 Å². The van der Waals surface area contributed by atoms with Crippen molar-refractivity contribution < 1.29 is 14.4 Å². The molecule has 0 radical (unpaired) electrons. The molecule has 7 nitrogen and oxygen atoms in total. The lowest BCUT2D eigenvalue weighted by Gasteiger charge is -2.29. The first-order chi connectivity index (χ1) is 17.9. The molecule has 3 aromatic rings. The molecule has 1 fully saturated rings. The van der Waals surface area contributed by atoms with Gasteiger partial charge in [0.1, 0.15) is 0 Å². The van der Waals surface area contributed by atoms with Crippen molar-refractivity contribution in [1.82, 2.24) is 10.2 Å². The summed E-state index contributed by atoms with van der Waals surface area (Å²) in [5.74, 6) is 0.251. The molecule has 194 valence electrons. The standard InChI is InChI=1S/C16H16N2O2.C14H20N2O/c1-17(2)16(20)18(14-11-7-4-8-12-14)15(19)13-9-5-3-6-10-13;1-11-7-5-6-10-13(11)16-14(17)15-12-8-3-2-4-9-12/h3-12H,1-2H3;2-4,8-9,11,13H,5-7,10H2,1H3,(H2,15,16,17). The van der Waals surface area contributed by atoms with Gasteiger partial charge in [0.15, 0.2) is 0 Å². The maximum atomic E-state index is 12.6. The molecule has 1 saturated carbocycles. The summed E-state index contributed by atoms with van der Waals surface area (Å²) in [5.41, 5.74) is 1.88. The number of para-hydroxylation sites is 2. The Morgan fingerprint density at radius 1 is 0.757 bits per heavy atom. The number of benzene rings is 3. The number of carbonyl (C=O) groups excluding carboxylic acids is 3. The molecule has 3 aromatic carbocycles. The van der Waals surface area contributed by atoms with Gasteiger partial charge in [-0.15, -0.1) is 0 Å². The summed E-state index contributed by atoms with van der Waals surface area (Å²) in [6.07, 6.45) is 4.83. The highest BCUT2D eigenvalue weighted by Gasteiger charge is 2.26. The Balaban J connectivity index is 0.000000208. The molecule has 2 unspecified atom stereocenters. The van der Waals surface area contributed by atoms with E-state index < -0.39 is 0 Å². The predicted molar refractivity (Wildman–Crippen MR) is 149 cm³/mol. The first-order valence-electron chi connectivity index (χ1n) is 12.6. The van der Waals surface area contributed by atoms with E-state index in [0.717, 1.165) is 12.1 Å². The third-order valence-corrected chi connectivity index (χ3v) is 6.27. The Labute approximate surface area is 219 Å². The van der Waals surface area contributed by atoms with Crippen LogP contribution in [0.4, 0.5) is 21.0 Å². The predicted octanol–water partition coefficient (Wildman–Crippen LogP) is 6.40. The van der Waals surface area contributed by atoms with E-state index in [9.17, 15) is 14.4 Å². The van der Waals surface area contributed by atoms with Crippen LogP contribution in [0.15, 0.2) is 91.0 Å². The third-order valence-electron chi connectivity index (χ3n) is 6.27. The summed E-state index contributed by atoms with van der Waals surface area (Å²) in [7, 11) is 3.24. The molecule has 0 saturated heterocycles. The molecular weight excluding hydrogens is 464 g/mol. The zero-order valence-electron chi connectivity index (χ0n) is 21.8. The number of amides is 5. The number of hydrogen-bond acceptors (Lipinski definition) is 3. The van der Waals surface area contributed by atoms with Crippen LogP contribution in [0.3, 0.4) is 0 Å². The average Bonchev–Trinajstić information content (AvgIpc) is 2.92. The van der Waals surface area contributed by atoms with E-state index in [1.165, 1.54) is 29.1 Å². The van der Waals surface area contributed by atoms with Gasteiger partial charge in [0, 0.05) is 31.4 Å². The lowest BCUT2D eigenvalue weighted by Crippen LogP contribution is -2.43. The van der Waals surface area contributed by atoms with Crippen LogP contribution in [-0.2, 0) is 0 Å². The SMILES string of the molecule is CC1CCCCC1NC(=O)Nc1ccccc1.CN(C)C(=O)N(C(=O)c1ccccc1)c1ccccc1. The number of nitrogens with zero attached hydrogens (tertiary/aromatic N) is 2. The van der Waals surface area contributed by atoms with Gasteiger partial charge in [-0.2, -0.15) is 0 Å². The quantitative estimate of drug-likeness (QED) is 0.435. The highest BCUT2D eigenvalue weighted by atomic mass is 16.2. The Hall–Kier alpha value is -4.13. The number of nitrogens with one attached hydrogen (secondary N) is 2. The fourth-order valence-corrected chi connectivity index (χ4v) is 4.19. The zero-order valence-corrected chi connectivity index (χ0v) is 21.8. The second kappa shape index (κ2) is 13.8. The van der Waals surface area contributed by atoms with Gasteiger partial charge < -0.3 is 15.5 Å². The van der Waals surface area contributed by atoms with Crippen molar-refractivity contribution in [2.24, 2.45) is 5.92 Å².